The van der Waals surface area contributed by atoms with Gasteiger partial charge in [-0.15, -0.1) is 0 Å². The lowest BCUT2D eigenvalue weighted by molar-refractivity contribution is -0.134. The first-order valence-electron chi connectivity index (χ1n) is 10.7. The first-order chi connectivity index (χ1) is 14.1. The van der Waals surface area contributed by atoms with Crippen molar-refractivity contribution in [2.75, 3.05) is 19.7 Å². The highest BCUT2D eigenvalue weighted by Gasteiger charge is 2.17. The maximum Gasteiger partial charge on any atom is 0.260 e. The van der Waals surface area contributed by atoms with Crippen LogP contribution in [0.25, 0.3) is 0 Å². The summed E-state index contributed by atoms with van der Waals surface area (Å²) in [6.45, 7) is 3.73. The zero-order valence-corrected chi connectivity index (χ0v) is 18.1. The molecule has 0 radical (unpaired) electrons. The number of hydrogen-bond acceptors (Lipinski definition) is 4. The third-order valence-electron chi connectivity index (χ3n) is 5.61. The van der Waals surface area contributed by atoms with Gasteiger partial charge in [-0.05, 0) is 81.1 Å². The van der Waals surface area contributed by atoms with Crippen molar-refractivity contribution in [1.82, 2.24) is 15.6 Å². The van der Waals surface area contributed by atoms with Crippen LogP contribution in [0.2, 0.25) is 0 Å². The Kier molecular flexibility index (Phi) is 8.28. The molecule has 2 aliphatic rings. The lowest BCUT2D eigenvalue weighted by Gasteiger charge is -2.26. The van der Waals surface area contributed by atoms with Crippen molar-refractivity contribution in [2.45, 2.75) is 64.3 Å². The van der Waals surface area contributed by atoms with Gasteiger partial charge in [0.25, 0.3) is 5.91 Å². The summed E-state index contributed by atoms with van der Waals surface area (Å²) < 4.78 is 5.66. The van der Waals surface area contributed by atoms with Gasteiger partial charge >= 0.3 is 0 Å². The fourth-order valence-electron chi connectivity index (χ4n) is 3.84. The van der Waals surface area contributed by atoms with Crippen LogP contribution in [0.1, 0.15) is 63.9 Å². The predicted octanol–water partition coefficient (Wildman–Crippen LogP) is 3.60. The van der Waals surface area contributed by atoms with Crippen molar-refractivity contribution in [2.24, 2.45) is 5.10 Å². The van der Waals surface area contributed by atoms with Crippen LogP contribution in [0.3, 0.4) is 0 Å². The second-order valence-electron chi connectivity index (χ2n) is 7.87. The van der Waals surface area contributed by atoms with Gasteiger partial charge in [0.1, 0.15) is 5.75 Å². The van der Waals surface area contributed by atoms with E-state index in [-0.39, 0.29) is 12.5 Å². The van der Waals surface area contributed by atoms with E-state index in [9.17, 15) is 4.79 Å². The van der Waals surface area contributed by atoms with Crippen LogP contribution in [-0.2, 0) is 4.79 Å². The molecule has 7 heteroatoms. The highest BCUT2D eigenvalue weighted by atomic mass is 32.1. The molecule has 158 valence electrons. The largest absolute Gasteiger partial charge is 0.484 e. The molecule has 2 N–H and O–H groups in total. The second kappa shape index (κ2) is 11.1. The van der Waals surface area contributed by atoms with Gasteiger partial charge in [0.05, 0.1) is 5.71 Å². The zero-order chi connectivity index (χ0) is 20.5. The molecule has 1 aliphatic carbocycles. The van der Waals surface area contributed by atoms with Gasteiger partial charge in [0, 0.05) is 19.1 Å². The summed E-state index contributed by atoms with van der Waals surface area (Å²) in [7, 11) is 0. The van der Waals surface area contributed by atoms with Crippen LogP contribution >= 0.6 is 12.2 Å². The summed E-state index contributed by atoms with van der Waals surface area (Å²) in [6, 6.07) is 8.09. The minimum Gasteiger partial charge on any atom is -0.484 e. The Hall–Kier alpha value is -2.15. The molecule has 1 heterocycles. The van der Waals surface area contributed by atoms with E-state index in [0.29, 0.717) is 16.9 Å². The number of thiocarbonyl (C=S) groups is 1. The molecule has 0 bridgehead atoms. The van der Waals surface area contributed by atoms with Crippen LogP contribution < -0.4 is 15.5 Å². The number of nitrogens with one attached hydrogen (secondary N) is 2. The van der Waals surface area contributed by atoms with Gasteiger partial charge in [0.15, 0.2) is 11.7 Å². The number of hydrogen-bond donors (Lipinski definition) is 2. The Labute approximate surface area is 179 Å². The normalized spacial score (nSPS) is 18.2. The number of ether oxygens (including phenoxy) is 1. The van der Waals surface area contributed by atoms with E-state index in [2.05, 4.69) is 15.8 Å². The highest BCUT2D eigenvalue weighted by molar-refractivity contribution is 7.80. The van der Waals surface area contributed by atoms with E-state index in [1.165, 1.54) is 38.5 Å². The van der Waals surface area contributed by atoms with Crippen LogP contribution in [0.5, 0.6) is 5.75 Å². The number of benzene rings is 1. The summed E-state index contributed by atoms with van der Waals surface area (Å²) in [5.74, 6) is 0.754. The smallest absolute Gasteiger partial charge is 0.260 e. The first kappa shape index (κ1) is 21.6. The van der Waals surface area contributed by atoms with Crippen LogP contribution in [0.15, 0.2) is 29.4 Å². The number of likely N-dealkylation sites (tertiary alicyclic amines) is 1. The SMILES string of the molecule is C/C(=N/NC(=S)NC1CCCCC1)c1ccc(OCC(=O)N2CCCCC2)cc1. The van der Waals surface area contributed by atoms with E-state index >= 15 is 0 Å². The predicted molar refractivity (Wildman–Crippen MR) is 120 cm³/mol. The topological polar surface area (TPSA) is 66.0 Å². The number of piperidine rings is 1. The standard InChI is InChI=1S/C22H32N4O2S/c1-17(24-25-22(29)23-19-8-4-2-5-9-19)18-10-12-20(13-11-18)28-16-21(27)26-14-6-3-7-15-26/h10-13,19H,2-9,14-16H2,1H3,(H2,23,25,29)/b24-17-. The molecule has 1 amide bonds. The first-order valence-corrected chi connectivity index (χ1v) is 11.1. The van der Waals surface area contributed by atoms with Crippen molar-refractivity contribution in [3.8, 4) is 5.75 Å². The third kappa shape index (κ3) is 6.99. The Morgan fingerprint density at radius 3 is 2.45 bits per heavy atom. The molecule has 0 aromatic heterocycles. The average Bonchev–Trinajstić information content (AvgIpc) is 2.77. The Morgan fingerprint density at radius 1 is 1.10 bits per heavy atom. The average molecular weight is 417 g/mol. The minimum absolute atomic E-state index is 0.0645. The fraction of sp³-hybridized carbons (Fsp3) is 0.591. The van der Waals surface area contributed by atoms with Gasteiger partial charge in [0.2, 0.25) is 0 Å². The Bertz CT molecular complexity index is 708. The molecule has 1 aromatic carbocycles. The summed E-state index contributed by atoms with van der Waals surface area (Å²) in [4.78, 5) is 14.1. The number of rotatable bonds is 6. The van der Waals surface area contributed by atoms with Crippen LogP contribution in [-0.4, -0.2) is 47.4 Å². The number of nitrogens with zero attached hydrogens (tertiary/aromatic N) is 2. The number of amides is 1. The maximum absolute atomic E-state index is 12.2. The Morgan fingerprint density at radius 2 is 1.76 bits per heavy atom. The molecule has 1 aromatic rings. The third-order valence-corrected chi connectivity index (χ3v) is 5.82. The van der Waals surface area contributed by atoms with Crippen molar-refractivity contribution in [3.05, 3.63) is 29.8 Å². The molecule has 6 nitrogen and oxygen atoms in total. The van der Waals surface area contributed by atoms with Gasteiger partial charge in [-0.3, -0.25) is 10.2 Å². The van der Waals surface area contributed by atoms with E-state index in [0.717, 1.165) is 37.2 Å². The molecular weight excluding hydrogens is 384 g/mol. The summed E-state index contributed by atoms with van der Waals surface area (Å²) in [5, 5.41) is 8.31. The molecule has 1 saturated heterocycles. The summed E-state index contributed by atoms with van der Waals surface area (Å²) >= 11 is 5.35. The molecule has 0 atom stereocenters. The lowest BCUT2D eigenvalue weighted by Crippen LogP contribution is -2.41. The zero-order valence-electron chi connectivity index (χ0n) is 17.3. The van der Waals surface area contributed by atoms with Crippen molar-refractivity contribution in [1.29, 1.82) is 0 Å². The van der Waals surface area contributed by atoms with Gasteiger partial charge < -0.3 is 15.0 Å². The fourth-order valence-corrected chi connectivity index (χ4v) is 4.05. The van der Waals surface area contributed by atoms with E-state index in [4.69, 9.17) is 17.0 Å². The maximum atomic E-state index is 12.2. The lowest BCUT2D eigenvalue weighted by atomic mass is 9.96. The summed E-state index contributed by atoms with van der Waals surface area (Å²) in [5.41, 5.74) is 4.77. The molecule has 1 aliphatic heterocycles. The van der Waals surface area contributed by atoms with Crippen molar-refractivity contribution in [3.63, 3.8) is 0 Å². The van der Waals surface area contributed by atoms with E-state index < -0.39 is 0 Å². The number of carbonyl (C=O) groups is 1. The van der Waals surface area contributed by atoms with Crippen molar-refractivity contribution < 1.29 is 9.53 Å². The molecule has 0 unspecified atom stereocenters. The van der Waals surface area contributed by atoms with Gasteiger partial charge in [-0.1, -0.05) is 19.3 Å². The van der Waals surface area contributed by atoms with E-state index in [1.807, 2.05) is 36.1 Å². The second-order valence-corrected chi connectivity index (χ2v) is 8.28. The number of hydrazone groups is 1. The monoisotopic (exact) mass is 416 g/mol. The molecule has 3 rings (SSSR count). The van der Waals surface area contributed by atoms with Crippen LogP contribution in [0.4, 0.5) is 0 Å². The van der Waals surface area contributed by atoms with Crippen molar-refractivity contribution >= 4 is 28.9 Å². The van der Waals surface area contributed by atoms with E-state index in [1.54, 1.807) is 0 Å². The summed E-state index contributed by atoms with van der Waals surface area (Å²) in [6.07, 6.45) is 9.59. The molecule has 2 fully saturated rings. The number of carbonyl (C=O) groups excluding carboxylic acids is 1. The molecule has 29 heavy (non-hydrogen) atoms. The molecule has 0 spiro atoms. The highest BCUT2D eigenvalue weighted by Crippen LogP contribution is 2.17. The Balaban J connectivity index is 1.43. The van der Waals surface area contributed by atoms with Gasteiger partial charge in [-0.25, -0.2) is 0 Å². The minimum atomic E-state index is 0.0645. The molecule has 1 saturated carbocycles. The molecular formula is C22H32N4O2S. The van der Waals surface area contributed by atoms with Gasteiger partial charge in [-0.2, -0.15) is 5.10 Å². The van der Waals surface area contributed by atoms with Crippen LogP contribution in [0, 0.1) is 0 Å². The quantitative estimate of drug-likeness (QED) is 0.421.